The third kappa shape index (κ3) is 2.78. The first-order valence-corrected chi connectivity index (χ1v) is 8.59. The Morgan fingerprint density at radius 1 is 1.35 bits per heavy atom. The Balaban J connectivity index is 1.73. The predicted molar refractivity (Wildman–Crippen MR) is 87.9 cm³/mol. The lowest BCUT2D eigenvalue weighted by atomic mass is 9.74. The molecule has 3 rings (SSSR count). The number of thiophene rings is 1. The Labute approximate surface area is 130 Å². The van der Waals surface area contributed by atoms with Crippen LogP contribution in [0.5, 0.6) is 0 Å². The smallest absolute Gasteiger partial charge is 0.0561 e. The van der Waals surface area contributed by atoms with Gasteiger partial charge in [0.15, 0.2) is 0 Å². The average Bonchev–Trinajstić information content (AvgIpc) is 2.86. The molecule has 0 saturated carbocycles. The first kappa shape index (κ1) is 14.1. The van der Waals surface area contributed by atoms with Crippen LogP contribution in [0.15, 0.2) is 35.7 Å². The summed E-state index contributed by atoms with van der Waals surface area (Å²) in [7, 11) is 0. The van der Waals surface area contributed by atoms with Gasteiger partial charge in [0.25, 0.3) is 0 Å². The van der Waals surface area contributed by atoms with Gasteiger partial charge in [-0.05, 0) is 54.3 Å². The summed E-state index contributed by atoms with van der Waals surface area (Å²) in [4.78, 5) is 1.30. The van der Waals surface area contributed by atoms with Crippen molar-refractivity contribution in [1.82, 2.24) is 5.32 Å². The van der Waals surface area contributed by atoms with Crippen LogP contribution in [0.25, 0.3) is 0 Å². The molecular weight excluding hydrogens is 286 g/mol. The van der Waals surface area contributed by atoms with Crippen LogP contribution in [0.4, 0.5) is 0 Å². The zero-order valence-corrected chi connectivity index (χ0v) is 13.3. The van der Waals surface area contributed by atoms with E-state index in [2.05, 4.69) is 41.9 Å². The van der Waals surface area contributed by atoms with Crippen molar-refractivity contribution in [3.63, 3.8) is 0 Å². The van der Waals surface area contributed by atoms with Crippen LogP contribution >= 0.6 is 22.9 Å². The fraction of sp³-hybridized carbons (Fsp3) is 0.412. The number of halogens is 1. The summed E-state index contributed by atoms with van der Waals surface area (Å²) in [5, 5.41) is 6.67. The number of benzene rings is 1. The van der Waals surface area contributed by atoms with E-state index < -0.39 is 0 Å². The van der Waals surface area contributed by atoms with Crippen LogP contribution in [0.3, 0.4) is 0 Å². The Hall–Kier alpha value is -0.830. The van der Waals surface area contributed by atoms with E-state index >= 15 is 0 Å². The van der Waals surface area contributed by atoms with E-state index in [1.807, 2.05) is 6.07 Å². The normalized spacial score (nSPS) is 18.4. The van der Waals surface area contributed by atoms with Gasteiger partial charge in [-0.1, -0.05) is 42.8 Å². The number of rotatable bonds is 6. The Morgan fingerprint density at radius 3 is 2.90 bits per heavy atom. The molecule has 1 aliphatic rings. The Kier molecular flexibility index (Phi) is 4.45. The molecule has 1 aliphatic carbocycles. The molecular formula is C17H20ClNS. The molecule has 20 heavy (non-hydrogen) atoms. The fourth-order valence-corrected chi connectivity index (χ4v) is 4.29. The van der Waals surface area contributed by atoms with Crippen molar-refractivity contribution >= 4 is 22.9 Å². The quantitative estimate of drug-likeness (QED) is 0.776. The molecule has 0 amide bonds. The maximum Gasteiger partial charge on any atom is 0.0561 e. The van der Waals surface area contributed by atoms with Crippen molar-refractivity contribution in [2.75, 3.05) is 6.54 Å². The zero-order valence-electron chi connectivity index (χ0n) is 11.7. The third-order valence-corrected chi connectivity index (χ3v) is 5.56. The van der Waals surface area contributed by atoms with E-state index in [0.717, 1.165) is 24.4 Å². The van der Waals surface area contributed by atoms with Gasteiger partial charge in [0.05, 0.1) is 5.02 Å². The van der Waals surface area contributed by atoms with Crippen LogP contribution in [-0.4, -0.2) is 6.54 Å². The summed E-state index contributed by atoms with van der Waals surface area (Å²) in [5.41, 5.74) is 3.05. The fourth-order valence-electron chi connectivity index (χ4n) is 3.01. The van der Waals surface area contributed by atoms with Gasteiger partial charge < -0.3 is 5.32 Å². The highest BCUT2D eigenvalue weighted by molar-refractivity contribution is 7.10. The molecule has 1 nitrogen and oxygen atoms in total. The van der Waals surface area contributed by atoms with Crippen LogP contribution in [-0.2, 0) is 6.42 Å². The Bertz CT molecular complexity index is 578. The molecule has 0 radical (unpaired) electrons. The number of hydrogen-bond donors (Lipinski definition) is 1. The van der Waals surface area contributed by atoms with Crippen molar-refractivity contribution in [2.24, 2.45) is 0 Å². The van der Waals surface area contributed by atoms with Gasteiger partial charge in [-0.15, -0.1) is 11.3 Å². The summed E-state index contributed by atoms with van der Waals surface area (Å²) in [6.07, 6.45) is 3.52. The van der Waals surface area contributed by atoms with E-state index in [0.29, 0.717) is 12.0 Å². The second-order valence-electron chi connectivity index (χ2n) is 5.48. The molecule has 0 fully saturated rings. The van der Waals surface area contributed by atoms with Gasteiger partial charge in [-0.3, -0.25) is 0 Å². The summed E-state index contributed by atoms with van der Waals surface area (Å²) in [5.74, 6) is 0.679. The average molecular weight is 306 g/mol. The van der Waals surface area contributed by atoms with Gasteiger partial charge in [0.2, 0.25) is 0 Å². The first-order chi connectivity index (χ1) is 9.79. The molecule has 1 heterocycles. The highest BCUT2D eigenvalue weighted by Gasteiger charge is 2.29. The zero-order chi connectivity index (χ0) is 13.9. The van der Waals surface area contributed by atoms with E-state index in [1.165, 1.54) is 22.4 Å². The minimum atomic E-state index is 0.390. The van der Waals surface area contributed by atoms with Gasteiger partial charge in [-0.2, -0.15) is 0 Å². The van der Waals surface area contributed by atoms with E-state index in [1.54, 1.807) is 11.3 Å². The topological polar surface area (TPSA) is 12.0 Å². The Morgan fingerprint density at radius 2 is 2.20 bits per heavy atom. The van der Waals surface area contributed by atoms with Crippen LogP contribution in [0.1, 0.15) is 47.7 Å². The van der Waals surface area contributed by atoms with E-state index in [4.69, 9.17) is 11.6 Å². The standard InChI is InChI=1S/C17H20ClNS/c1-2-8-19-16(17-15(18)7-9-20-17)11-13-10-12-5-3-4-6-14(12)13/h3-7,9,13,16,19H,2,8,10-11H2,1H3. The number of fused-ring (bicyclic) bond motifs is 1. The molecule has 0 aliphatic heterocycles. The molecule has 2 unspecified atom stereocenters. The van der Waals surface area contributed by atoms with Crippen molar-refractivity contribution in [3.05, 3.63) is 56.7 Å². The molecule has 2 aromatic rings. The first-order valence-electron chi connectivity index (χ1n) is 7.33. The van der Waals surface area contributed by atoms with Crippen LogP contribution < -0.4 is 5.32 Å². The third-order valence-electron chi connectivity index (χ3n) is 4.08. The SMILES string of the molecule is CCCNC(CC1Cc2ccccc21)c1sccc1Cl. The monoisotopic (exact) mass is 305 g/mol. The molecule has 0 bridgehead atoms. The molecule has 0 saturated heterocycles. The molecule has 2 atom stereocenters. The minimum Gasteiger partial charge on any atom is -0.309 e. The summed E-state index contributed by atoms with van der Waals surface area (Å²) < 4.78 is 0. The lowest BCUT2D eigenvalue weighted by molar-refractivity contribution is 0.433. The van der Waals surface area contributed by atoms with Gasteiger partial charge in [-0.25, -0.2) is 0 Å². The molecule has 1 aromatic carbocycles. The lowest BCUT2D eigenvalue weighted by Crippen LogP contribution is -2.27. The molecule has 1 aromatic heterocycles. The van der Waals surface area contributed by atoms with E-state index in [-0.39, 0.29) is 0 Å². The van der Waals surface area contributed by atoms with Crippen LogP contribution in [0.2, 0.25) is 5.02 Å². The molecule has 1 N–H and O–H groups in total. The van der Waals surface area contributed by atoms with Crippen LogP contribution in [0, 0.1) is 0 Å². The van der Waals surface area contributed by atoms with Gasteiger partial charge in [0.1, 0.15) is 0 Å². The molecule has 3 heteroatoms. The van der Waals surface area contributed by atoms with Crippen molar-refractivity contribution in [2.45, 2.75) is 38.1 Å². The van der Waals surface area contributed by atoms with Crippen molar-refractivity contribution in [1.29, 1.82) is 0 Å². The maximum absolute atomic E-state index is 6.33. The number of hydrogen-bond acceptors (Lipinski definition) is 2. The predicted octanol–water partition coefficient (Wildman–Crippen LogP) is 5.17. The second-order valence-corrected chi connectivity index (χ2v) is 6.83. The summed E-state index contributed by atoms with van der Waals surface area (Å²) >= 11 is 8.10. The maximum atomic E-state index is 6.33. The second kappa shape index (κ2) is 6.30. The van der Waals surface area contributed by atoms with Crippen molar-refractivity contribution in [3.8, 4) is 0 Å². The summed E-state index contributed by atoms with van der Waals surface area (Å²) in [6, 6.07) is 11.2. The highest BCUT2D eigenvalue weighted by Crippen LogP contribution is 2.42. The summed E-state index contributed by atoms with van der Waals surface area (Å²) in [6.45, 7) is 3.26. The number of nitrogens with one attached hydrogen (secondary N) is 1. The molecule has 106 valence electrons. The highest BCUT2D eigenvalue weighted by atomic mass is 35.5. The largest absolute Gasteiger partial charge is 0.309 e. The van der Waals surface area contributed by atoms with Gasteiger partial charge in [0, 0.05) is 10.9 Å². The minimum absolute atomic E-state index is 0.390. The lowest BCUT2D eigenvalue weighted by Gasteiger charge is -2.33. The van der Waals surface area contributed by atoms with E-state index in [9.17, 15) is 0 Å². The van der Waals surface area contributed by atoms with Crippen molar-refractivity contribution < 1.29 is 0 Å². The molecule has 0 spiro atoms. The van der Waals surface area contributed by atoms with Gasteiger partial charge >= 0.3 is 0 Å².